The molecule has 0 radical (unpaired) electrons. The molecule has 0 saturated carbocycles. The summed E-state index contributed by atoms with van der Waals surface area (Å²) in [5.74, 6) is -4.33. The molecule has 144 valence electrons. The Bertz CT molecular complexity index is 976. The maximum absolute atomic E-state index is 14.1. The van der Waals surface area contributed by atoms with Crippen LogP contribution in [0.5, 0.6) is 0 Å². The third-order valence-corrected chi connectivity index (χ3v) is 5.89. The van der Waals surface area contributed by atoms with E-state index >= 15 is 0 Å². The van der Waals surface area contributed by atoms with E-state index in [9.17, 15) is 26.4 Å². The normalized spacial score (nSPS) is 15.5. The highest BCUT2D eigenvalue weighted by Gasteiger charge is 2.30. The first-order valence-electron chi connectivity index (χ1n) is 7.93. The fraction of sp³-hybridized carbons (Fsp3) is 0.235. The predicted molar refractivity (Wildman–Crippen MR) is 90.3 cm³/mol. The third-order valence-electron chi connectivity index (χ3n) is 3.98. The summed E-state index contributed by atoms with van der Waals surface area (Å²) in [5.41, 5.74) is -0.631. The monoisotopic (exact) mass is 400 g/mol. The Morgan fingerprint density at radius 1 is 1.04 bits per heavy atom. The van der Waals surface area contributed by atoms with Crippen molar-refractivity contribution < 1.29 is 31.1 Å². The standard InChI is InChI=1S/C17H15F3N2O4S/c18-12-5-4-11(17(23)21-14-3-1-2-13(19)16(14)20)10-15(12)27(24,25)22-6-8-26-9-7-22/h1-5,10H,6-9H2,(H,21,23). The number of anilines is 1. The van der Waals surface area contributed by atoms with Gasteiger partial charge in [-0.05, 0) is 30.3 Å². The van der Waals surface area contributed by atoms with Crippen molar-refractivity contribution in [3.05, 3.63) is 59.4 Å². The highest BCUT2D eigenvalue weighted by atomic mass is 32.2. The Kier molecular flexibility index (Phi) is 5.49. The molecule has 1 amide bonds. The molecule has 2 aromatic carbocycles. The summed E-state index contributed by atoms with van der Waals surface area (Å²) in [6.07, 6.45) is 0. The molecule has 0 bridgehead atoms. The summed E-state index contributed by atoms with van der Waals surface area (Å²) >= 11 is 0. The molecule has 0 aliphatic carbocycles. The molecule has 1 saturated heterocycles. The van der Waals surface area contributed by atoms with E-state index in [1.54, 1.807) is 0 Å². The summed E-state index contributed by atoms with van der Waals surface area (Å²) in [4.78, 5) is 11.6. The lowest BCUT2D eigenvalue weighted by Gasteiger charge is -2.26. The van der Waals surface area contributed by atoms with Crippen LogP contribution >= 0.6 is 0 Å². The lowest BCUT2D eigenvalue weighted by molar-refractivity contribution is 0.0729. The Balaban J connectivity index is 1.90. The van der Waals surface area contributed by atoms with E-state index in [0.29, 0.717) is 0 Å². The quantitative estimate of drug-likeness (QED) is 0.855. The smallest absolute Gasteiger partial charge is 0.255 e. The van der Waals surface area contributed by atoms with E-state index in [1.807, 2.05) is 0 Å². The van der Waals surface area contributed by atoms with Crippen molar-refractivity contribution in [1.82, 2.24) is 4.31 Å². The van der Waals surface area contributed by atoms with E-state index in [1.165, 1.54) is 6.07 Å². The van der Waals surface area contributed by atoms with Crippen LogP contribution in [0.3, 0.4) is 0 Å². The molecule has 2 aromatic rings. The molecule has 10 heteroatoms. The van der Waals surface area contributed by atoms with E-state index in [2.05, 4.69) is 5.32 Å². The van der Waals surface area contributed by atoms with E-state index < -0.39 is 44.0 Å². The van der Waals surface area contributed by atoms with Crippen LogP contribution in [-0.4, -0.2) is 44.9 Å². The van der Waals surface area contributed by atoms with Crippen LogP contribution in [0, 0.1) is 17.5 Å². The summed E-state index contributed by atoms with van der Waals surface area (Å²) in [6.45, 7) is 0.485. The maximum atomic E-state index is 14.1. The van der Waals surface area contributed by atoms with Crippen molar-refractivity contribution >= 4 is 21.6 Å². The van der Waals surface area contributed by atoms with Gasteiger partial charge in [0, 0.05) is 18.7 Å². The number of hydrogen-bond donors (Lipinski definition) is 1. The van der Waals surface area contributed by atoms with Crippen molar-refractivity contribution in [3.63, 3.8) is 0 Å². The number of hydrogen-bond acceptors (Lipinski definition) is 4. The van der Waals surface area contributed by atoms with Crippen molar-refractivity contribution in [2.75, 3.05) is 31.6 Å². The molecule has 1 aliphatic rings. The highest BCUT2D eigenvalue weighted by Crippen LogP contribution is 2.23. The van der Waals surface area contributed by atoms with Crippen LogP contribution in [0.1, 0.15) is 10.4 Å². The maximum Gasteiger partial charge on any atom is 0.255 e. The first-order valence-corrected chi connectivity index (χ1v) is 9.37. The molecule has 27 heavy (non-hydrogen) atoms. The van der Waals surface area contributed by atoms with Gasteiger partial charge >= 0.3 is 0 Å². The Labute approximate surface area is 153 Å². The number of nitrogens with zero attached hydrogens (tertiary/aromatic N) is 1. The van der Waals surface area contributed by atoms with Gasteiger partial charge in [-0.25, -0.2) is 21.6 Å². The number of amides is 1. The minimum atomic E-state index is -4.17. The number of benzene rings is 2. The second-order valence-corrected chi connectivity index (χ2v) is 7.62. The summed E-state index contributed by atoms with van der Waals surface area (Å²) < 4.78 is 72.5. The molecule has 0 atom stereocenters. The van der Waals surface area contributed by atoms with Crippen molar-refractivity contribution in [1.29, 1.82) is 0 Å². The predicted octanol–water partition coefficient (Wildman–Crippen LogP) is 2.38. The van der Waals surface area contributed by atoms with E-state index in [4.69, 9.17) is 4.74 Å². The molecule has 3 rings (SSSR count). The average molecular weight is 400 g/mol. The molecule has 0 spiro atoms. The number of morpholine rings is 1. The lowest BCUT2D eigenvalue weighted by atomic mass is 10.2. The zero-order valence-corrected chi connectivity index (χ0v) is 14.7. The van der Waals surface area contributed by atoms with Gasteiger partial charge in [-0.2, -0.15) is 4.31 Å². The first kappa shape index (κ1) is 19.3. The van der Waals surface area contributed by atoms with Crippen LogP contribution in [0.15, 0.2) is 41.3 Å². The molecule has 0 unspecified atom stereocenters. The van der Waals surface area contributed by atoms with Gasteiger partial charge in [0.25, 0.3) is 5.91 Å². The van der Waals surface area contributed by atoms with E-state index in [0.717, 1.165) is 34.6 Å². The van der Waals surface area contributed by atoms with Crippen LogP contribution in [0.25, 0.3) is 0 Å². The Morgan fingerprint density at radius 2 is 1.74 bits per heavy atom. The van der Waals surface area contributed by atoms with Crippen molar-refractivity contribution in [2.24, 2.45) is 0 Å². The molecule has 1 N–H and O–H groups in total. The van der Waals surface area contributed by atoms with Gasteiger partial charge in [0.2, 0.25) is 10.0 Å². The fourth-order valence-corrected chi connectivity index (χ4v) is 4.06. The number of rotatable bonds is 4. The first-order chi connectivity index (χ1) is 12.8. The zero-order chi connectivity index (χ0) is 19.6. The average Bonchev–Trinajstić information content (AvgIpc) is 2.66. The topological polar surface area (TPSA) is 75.7 Å². The molecule has 1 fully saturated rings. The second-order valence-electron chi connectivity index (χ2n) is 5.72. The molecule has 1 aliphatic heterocycles. The summed E-state index contributed by atoms with van der Waals surface area (Å²) in [6, 6.07) is 5.99. The number of sulfonamides is 1. The SMILES string of the molecule is O=C(Nc1cccc(F)c1F)c1ccc(F)c(S(=O)(=O)N2CCOCC2)c1. The van der Waals surface area contributed by atoms with Crippen molar-refractivity contribution in [2.45, 2.75) is 4.90 Å². The van der Waals surface area contributed by atoms with Gasteiger partial charge in [0.05, 0.1) is 18.9 Å². The number of ether oxygens (including phenoxy) is 1. The van der Waals surface area contributed by atoms with E-state index in [-0.39, 0.29) is 31.9 Å². The second kappa shape index (κ2) is 7.67. The Hall–Kier alpha value is -2.43. The van der Waals surface area contributed by atoms with Gasteiger partial charge in [-0.1, -0.05) is 6.07 Å². The molecule has 0 aromatic heterocycles. The number of halogens is 3. The zero-order valence-electron chi connectivity index (χ0n) is 13.9. The van der Waals surface area contributed by atoms with Gasteiger partial charge in [-0.15, -0.1) is 0 Å². The van der Waals surface area contributed by atoms with Crippen LogP contribution in [0.4, 0.5) is 18.9 Å². The molecule has 6 nitrogen and oxygen atoms in total. The number of carbonyl (C=O) groups is 1. The molecular weight excluding hydrogens is 385 g/mol. The van der Waals surface area contributed by atoms with Gasteiger partial charge < -0.3 is 10.1 Å². The Morgan fingerprint density at radius 3 is 2.44 bits per heavy atom. The third kappa shape index (κ3) is 3.97. The fourth-order valence-electron chi connectivity index (χ4n) is 2.56. The lowest BCUT2D eigenvalue weighted by Crippen LogP contribution is -2.41. The summed E-state index contributed by atoms with van der Waals surface area (Å²) in [5, 5.41) is 2.14. The highest BCUT2D eigenvalue weighted by molar-refractivity contribution is 7.89. The van der Waals surface area contributed by atoms with Gasteiger partial charge in [-0.3, -0.25) is 4.79 Å². The van der Waals surface area contributed by atoms with Crippen LogP contribution in [0.2, 0.25) is 0 Å². The molecular formula is C17H15F3N2O4S. The minimum absolute atomic E-state index is 0.0622. The number of nitrogens with one attached hydrogen (secondary N) is 1. The largest absolute Gasteiger partial charge is 0.379 e. The summed E-state index contributed by atoms with van der Waals surface area (Å²) in [7, 11) is -4.17. The van der Waals surface area contributed by atoms with Gasteiger partial charge in [0.1, 0.15) is 10.7 Å². The van der Waals surface area contributed by atoms with Crippen LogP contribution < -0.4 is 5.32 Å². The van der Waals surface area contributed by atoms with Crippen LogP contribution in [-0.2, 0) is 14.8 Å². The minimum Gasteiger partial charge on any atom is -0.379 e. The number of carbonyl (C=O) groups excluding carboxylic acids is 1. The van der Waals surface area contributed by atoms with Crippen molar-refractivity contribution in [3.8, 4) is 0 Å². The molecule has 1 heterocycles. The van der Waals surface area contributed by atoms with Gasteiger partial charge in [0.15, 0.2) is 11.6 Å².